The van der Waals surface area contributed by atoms with Crippen LogP contribution in [0.25, 0.3) is 22.0 Å². The number of ether oxygens (including phenoxy) is 3. The summed E-state index contributed by atoms with van der Waals surface area (Å²) in [7, 11) is 4.74. The third-order valence-electron chi connectivity index (χ3n) is 4.79. The molecule has 5 heteroatoms. The highest BCUT2D eigenvalue weighted by atomic mass is 16.5. The molecular weight excluding hydrogens is 330 g/mol. The molecule has 26 heavy (non-hydrogen) atoms. The molecule has 2 aromatic carbocycles. The summed E-state index contributed by atoms with van der Waals surface area (Å²) in [5.74, 6) is 1.77. The van der Waals surface area contributed by atoms with Crippen molar-refractivity contribution in [1.82, 2.24) is 4.98 Å². The Balaban J connectivity index is 2.09. The van der Waals surface area contributed by atoms with Crippen LogP contribution in [0, 0.1) is 0 Å². The van der Waals surface area contributed by atoms with E-state index in [1.807, 2.05) is 36.4 Å². The van der Waals surface area contributed by atoms with E-state index in [4.69, 9.17) is 19.2 Å². The summed E-state index contributed by atoms with van der Waals surface area (Å²) in [5.41, 5.74) is 4.18. The first-order chi connectivity index (χ1) is 12.7. The molecular formula is C21H19NO4. The van der Waals surface area contributed by atoms with Gasteiger partial charge >= 0.3 is 0 Å². The number of fused-ring (bicyclic) bond motifs is 2. The lowest BCUT2D eigenvalue weighted by atomic mass is 9.94. The fourth-order valence-electron chi connectivity index (χ4n) is 3.63. The minimum absolute atomic E-state index is 0.127. The van der Waals surface area contributed by atoms with Gasteiger partial charge < -0.3 is 14.2 Å². The smallest absolute Gasteiger partial charge is 0.203 e. The van der Waals surface area contributed by atoms with Gasteiger partial charge in [0.15, 0.2) is 17.3 Å². The number of ketones is 1. The molecule has 0 saturated heterocycles. The van der Waals surface area contributed by atoms with E-state index in [0.717, 1.165) is 27.7 Å². The van der Waals surface area contributed by atoms with Gasteiger partial charge in [0.1, 0.15) is 0 Å². The Morgan fingerprint density at radius 2 is 1.58 bits per heavy atom. The number of nitrogens with zero attached hydrogens (tertiary/aromatic N) is 1. The summed E-state index contributed by atoms with van der Waals surface area (Å²) in [4.78, 5) is 17.3. The fourth-order valence-corrected chi connectivity index (χ4v) is 3.63. The Labute approximate surface area is 151 Å². The van der Waals surface area contributed by atoms with Crippen molar-refractivity contribution in [2.45, 2.75) is 12.8 Å². The molecule has 3 aromatic rings. The van der Waals surface area contributed by atoms with E-state index in [1.165, 1.54) is 0 Å². The van der Waals surface area contributed by atoms with Gasteiger partial charge in [0, 0.05) is 22.9 Å². The Morgan fingerprint density at radius 3 is 2.23 bits per heavy atom. The molecule has 0 unspecified atom stereocenters. The third kappa shape index (κ3) is 2.39. The number of para-hydroxylation sites is 1. The van der Waals surface area contributed by atoms with E-state index >= 15 is 0 Å². The highest BCUT2D eigenvalue weighted by Crippen LogP contribution is 2.44. The lowest BCUT2D eigenvalue weighted by molar-refractivity contribution is 0.0995. The van der Waals surface area contributed by atoms with Crippen LogP contribution in [0.3, 0.4) is 0 Å². The Bertz CT molecular complexity index is 1000. The van der Waals surface area contributed by atoms with Crippen LogP contribution >= 0.6 is 0 Å². The zero-order chi connectivity index (χ0) is 18.3. The summed E-state index contributed by atoms with van der Waals surface area (Å²) in [6.07, 6.45) is 1.17. The van der Waals surface area contributed by atoms with E-state index in [1.54, 1.807) is 21.3 Å². The highest BCUT2D eigenvalue weighted by molar-refractivity contribution is 6.12. The van der Waals surface area contributed by atoms with E-state index in [9.17, 15) is 4.79 Å². The van der Waals surface area contributed by atoms with Gasteiger partial charge in [-0.3, -0.25) is 9.78 Å². The maximum absolute atomic E-state index is 12.6. The quantitative estimate of drug-likeness (QED) is 0.711. The molecule has 0 radical (unpaired) electrons. The number of carbonyl (C=O) groups is 1. The van der Waals surface area contributed by atoms with Gasteiger partial charge in [-0.2, -0.15) is 0 Å². The molecule has 0 spiro atoms. The molecule has 5 nitrogen and oxygen atoms in total. The predicted octanol–water partition coefficient (Wildman–Crippen LogP) is 4.06. The Morgan fingerprint density at radius 1 is 0.885 bits per heavy atom. The van der Waals surface area contributed by atoms with Crippen LogP contribution < -0.4 is 14.2 Å². The van der Waals surface area contributed by atoms with Gasteiger partial charge in [0.25, 0.3) is 0 Å². The Hall–Kier alpha value is -3.08. The minimum Gasteiger partial charge on any atom is -0.493 e. The summed E-state index contributed by atoms with van der Waals surface area (Å²) in [6.45, 7) is 0. The zero-order valence-corrected chi connectivity index (χ0v) is 15.0. The van der Waals surface area contributed by atoms with Crippen molar-refractivity contribution in [1.29, 1.82) is 0 Å². The van der Waals surface area contributed by atoms with Gasteiger partial charge in [0.05, 0.1) is 32.5 Å². The number of carbonyl (C=O) groups excluding carboxylic acids is 1. The summed E-state index contributed by atoms with van der Waals surface area (Å²) in [6, 6.07) is 11.6. The van der Waals surface area contributed by atoms with Crippen LogP contribution in [0.1, 0.15) is 22.5 Å². The maximum atomic E-state index is 12.6. The van der Waals surface area contributed by atoms with Crippen molar-refractivity contribution in [2.75, 3.05) is 21.3 Å². The molecule has 1 aromatic heterocycles. The van der Waals surface area contributed by atoms with Gasteiger partial charge in [-0.05, 0) is 30.2 Å². The number of methoxy groups -OCH3 is 3. The average Bonchev–Trinajstić information content (AvgIpc) is 3.05. The van der Waals surface area contributed by atoms with Crippen molar-refractivity contribution in [2.24, 2.45) is 0 Å². The summed E-state index contributed by atoms with van der Waals surface area (Å²) in [5, 5.41) is 0.941. The molecule has 132 valence electrons. The molecule has 0 aliphatic heterocycles. The molecule has 0 fully saturated rings. The number of rotatable bonds is 4. The molecule has 1 aliphatic rings. The number of benzene rings is 2. The van der Waals surface area contributed by atoms with Crippen molar-refractivity contribution in [3.8, 4) is 28.4 Å². The van der Waals surface area contributed by atoms with Crippen molar-refractivity contribution in [3.63, 3.8) is 0 Å². The van der Waals surface area contributed by atoms with Gasteiger partial charge in [-0.15, -0.1) is 0 Å². The number of Topliss-reactive ketones (excluding diaryl/α,β-unsaturated/α-hetero) is 1. The van der Waals surface area contributed by atoms with Crippen LogP contribution in [0.2, 0.25) is 0 Å². The molecule has 1 aliphatic carbocycles. The number of aromatic nitrogens is 1. The van der Waals surface area contributed by atoms with Crippen molar-refractivity contribution < 1.29 is 19.0 Å². The number of hydrogen-bond donors (Lipinski definition) is 0. The molecule has 1 heterocycles. The molecule has 0 saturated carbocycles. The topological polar surface area (TPSA) is 57.7 Å². The first-order valence-corrected chi connectivity index (χ1v) is 8.43. The first kappa shape index (κ1) is 16.4. The largest absolute Gasteiger partial charge is 0.493 e. The van der Waals surface area contributed by atoms with Crippen LogP contribution in [0.15, 0.2) is 36.4 Å². The minimum atomic E-state index is 0.127. The number of hydrogen-bond acceptors (Lipinski definition) is 5. The highest BCUT2D eigenvalue weighted by Gasteiger charge is 2.28. The molecule has 0 bridgehead atoms. The zero-order valence-electron chi connectivity index (χ0n) is 15.0. The fraction of sp³-hybridized carbons (Fsp3) is 0.238. The van der Waals surface area contributed by atoms with Gasteiger partial charge in [0.2, 0.25) is 5.75 Å². The van der Waals surface area contributed by atoms with Crippen molar-refractivity contribution >= 4 is 16.7 Å². The van der Waals surface area contributed by atoms with Crippen LogP contribution in [0.4, 0.5) is 0 Å². The molecule has 4 rings (SSSR count). The standard InChI is InChI=1S/C21H19NO4/c1-24-17-10-12(11-18(25-2)21(17)26-3)19-13-6-4-5-7-14(13)22-15-8-9-16(23)20(15)19/h4-7,10-11H,8-9H2,1-3H3. The molecule has 0 amide bonds. The second kappa shape index (κ2) is 6.33. The summed E-state index contributed by atoms with van der Waals surface area (Å²) < 4.78 is 16.4. The molecule has 0 atom stereocenters. The lowest BCUT2D eigenvalue weighted by Gasteiger charge is -2.17. The van der Waals surface area contributed by atoms with E-state index in [0.29, 0.717) is 35.7 Å². The number of pyridine rings is 1. The van der Waals surface area contributed by atoms with E-state index in [2.05, 4.69) is 0 Å². The van der Waals surface area contributed by atoms with Crippen LogP contribution in [-0.2, 0) is 6.42 Å². The SMILES string of the molecule is COc1cc(-c2c3c(nc4ccccc24)CCC3=O)cc(OC)c1OC. The van der Waals surface area contributed by atoms with E-state index in [-0.39, 0.29) is 5.78 Å². The Kier molecular flexibility index (Phi) is 3.99. The first-order valence-electron chi connectivity index (χ1n) is 8.43. The van der Waals surface area contributed by atoms with Gasteiger partial charge in [-0.1, -0.05) is 18.2 Å². The van der Waals surface area contributed by atoms with Gasteiger partial charge in [-0.25, -0.2) is 0 Å². The van der Waals surface area contributed by atoms with Crippen molar-refractivity contribution in [3.05, 3.63) is 47.7 Å². The summed E-state index contributed by atoms with van der Waals surface area (Å²) >= 11 is 0. The second-order valence-corrected chi connectivity index (χ2v) is 6.16. The van der Waals surface area contributed by atoms with E-state index < -0.39 is 0 Å². The second-order valence-electron chi connectivity index (χ2n) is 6.16. The van der Waals surface area contributed by atoms with Crippen LogP contribution in [0.5, 0.6) is 17.2 Å². The maximum Gasteiger partial charge on any atom is 0.203 e. The predicted molar refractivity (Wildman–Crippen MR) is 99.5 cm³/mol. The normalized spacial score (nSPS) is 13.0. The average molecular weight is 349 g/mol. The molecule has 0 N–H and O–H groups in total. The monoisotopic (exact) mass is 349 g/mol. The van der Waals surface area contributed by atoms with Crippen LogP contribution in [-0.4, -0.2) is 32.1 Å². The number of aryl methyl sites for hydroxylation is 1. The lowest BCUT2D eigenvalue weighted by Crippen LogP contribution is -2.01. The third-order valence-corrected chi connectivity index (χ3v) is 4.79.